The third-order valence-corrected chi connectivity index (χ3v) is 3.60. The molecule has 0 radical (unpaired) electrons. The maximum Gasteiger partial charge on any atom is 0.147 e. The summed E-state index contributed by atoms with van der Waals surface area (Å²) in [6.07, 6.45) is 3.12. The van der Waals surface area contributed by atoms with Crippen LogP contribution in [0.4, 0.5) is 0 Å². The van der Waals surface area contributed by atoms with Crippen molar-refractivity contribution >= 4 is 11.3 Å². The van der Waals surface area contributed by atoms with Gasteiger partial charge in [0, 0.05) is 12.0 Å². The minimum atomic E-state index is 0.629. The van der Waals surface area contributed by atoms with E-state index in [1.165, 1.54) is 12.0 Å². The topological polar surface area (TPSA) is 51.8 Å². The van der Waals surface area contributed by atoms with Gasteiger partial charge in [-0.05, 0) is 18.5 Å². The Morgan fingerprint density at radius 3 is 2.53 bits per heavy atom. The first kappa shape index (κ1) is 12.2. The molecule has 3 nitrogen and oxygen atoms in total. The van der Waals surface area contributed by atoms with Crippen LogP contribution >= 0.6 is 11.3 Å². The van der Waals surface area contributed by atoms with E-state index in [1.54, 1.807) is 11.3 Å². The Hall–Kier alpha value is -1.26. The molecule has 0 aliphatic heterocycles. The average molecular weight is 247 g/mol. The number of hydrogen-bond acceptors (Lipinski definition) is 4. The molecule has 1 aromatic carbocycles. The molecule has 17 heavy (non-hydrogen) atoms. The van der Waals surface area contributed by atoms with Crippen LogP contribution in [0.3, 0.4) is 0 Å². The van der Waals surface area contributed by atoms with Crippen LogP contribution in [-0.4, -0.2) is 16.7 Å². The van der Waals surface area contributed by atoms with Crippen molar-refractivity contribution in [3.05, 3.63) is 34.8 Å². The number of aromatic nitrogens is 2. The molecule has 2 aromatic rings. The fourth-order valence-corrected chi connectivity index (χ4v) is 2.56. The highest BCUT2D eigenvalue weighted by Crippen LogP contribution is 2.24. The van der Waals surface area contributed by atoms with Crippen LogP contribution in [0, 0.1) is 0 Å². The standard InChI is InChI=1S/C13H17N3S/c1-2-3-10-4-6-11(7-5-10)13-16-15-12(17-13)8-9-14/h4-7H,2-3,8-9,14H2,1H3. The Morgan fingerprint density at radius 1 is 1.12 bits per heavy atom. The summed E-state index contributed by atoms with van der Waals surface area (Å²) in [5.41, 5.74) is 8.02. The Kier molecular flexibility index (Phi) is 4.23. The summed E-state index contributed by atoms with van der Waals surface area (Å²) in [6.45, 7) is 2.82. The largest absolute Gasteiger partial charge is 0.330 e. The summed E-state index contributed by atoms with van der Waals surface area (Å²) in [4.78, 5) is 0. The highest BCUT2D eigenvalue weighted by atomic mass is 32.1. The second-order valence-corrected chi connectivity index (χ2v) is 5.05. The van der Waals surface area contributed by atoms with E-state index in [1.807, 2.05) is 0 Å². The molecule has 0 aliphatic rings. The van der Waals surface area contributed by atoms with Gasteiger partial charge in [-0.15, -0.1) is 10.2 Å². The number of hydrogen-bond donors (Lipinski definition) is 1. The van der Waals surface area contributed by atoms with Crippen molar-refractivity contribution < 1.29 is 0 Å². The van der Waals surface area contributed by atoms with Gasteiger partial charge in [0.05, 0.1) is 0 Å². The molecule has 4 heteroatoms. The lowest BCUT2D eigenvalue weighted by Crippen LogP contribution is -2.01. The molecule has 0 atom stereocenters. The van der Waals surface area contributed by atoms with Crippen molar-refractivity contribution in [1.82, 2.24) is 10.2 Å². The SMILES string of the molecule is CCCc1ccc(-c2nnc(CCN)s2)cc1. The van der Waals surface area contributed by atoms with Crippen LogP contribution in [0.2, 0.25) is 0 Å². The monoisotopic (exact) mass is 247 g/mol. The first-order valence-corrected chi connectivity index (χ1v) is 6.77. The van der Waals surface area contributed by atoms with Crippen molar-refractivity contribution in [3.8, 4) is 10.6 Å². The summed E-state index contributed by atoms with van der Waals surface area (Å²) < 4.78 is 0. The van der Waals surface area contributed by atoms with E-state index in [-0.39, 0.29) is 0 Å². The third kappa shape index (κ3) is 3.11. The second kappa shape index (κ2) is 5.89. The van der Waals surface area contributed by atoms with Crippen LogP contribution in [0.5, 0.6) is 0 Å². The van der Waals surface area contributed by atoms with E-state index in [2.05, 4.69) is 41.4 Å². The van der Waals surface area contributed by atoms with Gasteiger partial charge in [0.15, 0.2) is 0 Å². The maximum absolute atomic E-state index is 5.50. The molecule has 0 fully saturated rings. The van der Waals surface area contributed by atoms with E-state index in [0.717, 1.165) is 28.4 Å². The van der Waals surface area contributed by atoms with Crippen molar-refractivity contribution in [3.63, 3.8) is 0 Å². The third-order valence-electron chi connectivity index (χ3n) is 2.56. The van der Waals surface area contributed by atoms with Gasteiger partial charge >= 0.3 is 0 Å². The molecule has 0 unspecified atom stereocenters. The molecule has 0 saturated carbocycles. The van der Waals surface area contributed by atoms with Crippen LogP contribution in [0.15, 0.2) is 24.3 Å². The molecule has 0 saturated heterocycles. The van der Waals surface area contributed by atoms with Gasteiger partial charge in [0.1, 0.15) is 10.0 Å². The minimum Gasteiger partial charge on any atom is -0.330 e. The van der Waals surface area contributed by atoms with Crippen molar-refractivity contribution in [1.29, 1.82) is 0 Å². The van der Waals surface area contributed by atoms with Crippen molar-refractivity contribution in [2.45, 2.75) is 26.2 Å². The smallest absolute Gasteiger partial charge is 0.147 e. The van der Waals surface area contributed by atoms with Gasteiger partial charge in [0.2, 0.25) is 0 Å². The molecule has 0 spiro atoms. The zero-order valence-corrected chi connectivity index (χ0v) is 10.8. The first-order chi connectivity index (χ1) is 8.33. The fourth-order valence-electron chi connectivity index (χ4n) is 1.70. The molecular formula is C13H17N3S. The molecule has 0 aliphatic carbocycles. The molecule has 1 heterocycles. The first-order valence-electron chi connectivity index (χ1n) is 5.95. The van der Waals surface area contributed by atoms with E-state index >= 15 is 0 Å². The van der Waals surface area contributed by atoms with E-state index in [0.29, 0.717) is 6.54 Å². The molecular weight excluding hydrogens is 230 g/mol. The number of benzene rings is 1. The average Bonchev–Trinajstić information content (AvgIpc) is 2.80. The summed E-state index contributed by atoms with van der Waals surface area (Å²) in [5.74, 6) is 0. The fraction of sp³-hybridized carbons (Fsp3) is 0.385. The molecule has 1 aromatic heterocycles. The van der Waals surface area contributed by atoms with Crippen LogP contribution < -0.4 is 5.73 Å². The summed E-state index contributed by atoms with van der Waals surface area (Å²) in [7, 11) is 0. The van der Waals surface area contributed by atoms with Gasteiger partial charge in [-0.2, -0.15) is 0 Å². The number of nitrogens with two attached hydrogens (primary N) is 1. The summed E-state index contributed by atoms with van der Waals surface area (Å²) in [5, 5.41) is 10.3. The van der Waals surface area contributed by atoms with Gasteiger partial charge in [-0.25, -0.2) is 0 Å². The number of rotatable bonds is 5. The quantitative estimate of drug-likeness (QED) is 0.883. The maximum atomic E-state index is 5.50. The zero-order chi connectivity index (χ0) is 12.1. The predicted molar refractivity (Wildman–Crippen MR) is 72.1 cm³/mol. The molecule has 2 rings (SSSR count). The van der Waals surface area contributed by atoms with Crippen molar-refractivity contribution in [2.24, 2.45) is 5.73 Å². The molecule has 2 N–H and O–H groups in total. The second-order valence-electron chi connectivity index (χ2n) is 3.99. The lowest BCUT2D eigenvalue weighted by atomic mass is 10.1. The van der Waals surface area contributed by atoms with E-state index in [9.17, 15) is 0 Å². The highest BCUT2D eigenvalue weighted by molar-refractivity contribution is 7.14. The Bertz CT molecular complexity index is 462. The normalized spacial score (nSPS) is 10.7. The summed E-state index contributed by atoms with van der Waals surface area (Å²) in [6, 6.07) is 8.58. The van der Waals surface area contributed by atoms with Gasteiger partial charge < -0.3 is 5.73 Å². The van der Waals surface area contributed by atoms with Crippen molar-refractivity contribution in [2.75, 3.05) is 6.54 Å². The van der Waals surface area contributed by atoms with Crippen LogP contribution in [0.1, 0.15) is 23.9 Å². The van der Waals surface area contributed by atoms with Gasteiger partial charge in [0.25, 0.3) is 0 Å². The zero-order valence-electron chi connectivity index (χ0n) is 10.0. The lowest BCUT2D eigenvalue weighted by molar-refractivity contribution is 0.913. The van der Waals surface area contributed by atoms with E-state index in [4.69, 9.17) is 5.73 Å². The van der Waals surface area contributed by atoms with Gasteiger partial charge in [-0.1, -0.05) is 48.9 Å². The lowest BCUT2D eigenvalue weighted by Gasteiger charge is -1.99. The van der Waals surface area contributed by atoms with Crippen LogP contribution in [-0.2, 0) is 12.8 Å². The Morgan fingerprint density at radius 2 is 1.88 bits per heavy atom. The minimum absolute atomic E-state index is 0.629. The Labute approximate surface area is 106 Å². The predicted octanol–water partition coefficient (Wildman–Crippen LogP) is 2.66. The summed E-state index contributed by atoms with van der Waals surface area (Å²) >= 11 is 1.63. The van der Waals surface area contributed by atoms with Crippen LogP contribution in [0.25, 0.3) is 10.6 Å². The number of nitrogens with zero attached hydrogens (tertiary/aromatic N) is 2. The highest BCUT2D eigenvalue weighted by Gasteiger charge is 2.05. The van der Waals surface area contributed by atoms with Gasteiger partial charge in [-0.3, -0.25) is 0 Å². The number of aryl methyl sites for hydroxylation is 1. The van der Waals surface area contributed by atoms with E-state index < -0.39 is 0 Å². The molecule has 0 amide bonds. The Balaban J connectivity index is 2.15. The molecule has 90 valence electrons. The molecule has 0 bridgehead atoms.